The lowest BCUT2D eigenvalue weighted by Gasteiger charge is -2.09. The van der Waals surface area contributed by atoms with Gasteiger partial charge in [-0.15, -0.1) is 0 Å². The Hall–Kier alpha value is -2.09. The maximum Gasteiger partial charge on any atom is 0.244 e. The van der Waals surface area contributed by atoms with Gasteiger partial charge >= 0.3 is 0 Å². The minimum absolute atomic E-state index is 1.04. The normalized spacial score (nSPS) is 14.5. The Morgan fingerprint density at radius 3 is 2.19 bits per heavy atom. The van der Waals surface area contributed by atoms with Crippen molar-refractivity contribution in [2.24, 2.45) is 0 Å². The molecular weight excluding hydrogens is 256 g/mol. The van der Waals surface area contributed by atoms with Crippen molar-refractivity contribution in [3.05, 3.63) is 58.7 Å². The molecule has 3 rings (SSSR count). The van der Waals surface area contributed by atoms with Gasteiger partial charge in [-0.2, -0.15) is 0 Å². The molecule has 2 heteroatoms. The van der Waals surface area contributed by atoms with E-state index in [0.717, 1.165) is 13.1 Å². The molecule has 0 N–H and O–H groups in total. The number of hydrogen-bond donors (Lipinski definition) is 0. The highest BCUT2D eigenvalue weighted by atomic mass is 15.3. The summed E-state index contributed by atoms with van der Waals surface area (Å²) < 4.78 is 2.36. The Kier molecular flexibility index (Phi) is 3.54. The summed E-state index contributed by atoms with van der Waals surface area (Å²) in [4.78, 5) is 2.36. The van der Waals surface area contributed by atoms with Gasteiger partial charge < -0.3 is 0 Å². The summed E-state index contributed by atoms with van der Waals surface area (Å²) in [5, 5.41) is 0. The molecule has 2 aromatic carbocycles. The van der Waals surface area contributed by atoms with E-state index >= 15 is 0 Å². The molecule has 21 heavy (non-hydrogen) atoms. The number of anilines is 1. The van der Waals surface area contributed by atoms with Crippen molar-refractivity contribution in [2.45, 2.75) is 27.7 Å². The number of benzene rings is 2. The largest absolute Gasteiger partial charge is 0.244 e. The third-order valence-corrected chi connectivity index (χ3v) is 4.18. The summed E-state index contributed by atoms with van der Waals surface area (Å²) in [5.41, 5.74) is 7.95. The van der Waals surface area contributed by atoms with Crippen LogP contribution in [0.3, 0.4) is 0 Å². The van der Waals surface area contributed by atoms with Crippen molar-refractivity contribution in [3.63, 3.8) is 0 Å². The Morgan fingerprint density at radius 1 is 0.857 bits per heavy atom. The van der Waals surface area contributed by atoms with Crippen molar-refractivity contribution in [1.29, 1.82) is 0 Å². The van der Waals surface area contributed by atoms with E-state index in [2.05, 4.69) is 79.9 Å². The van der Waals surface area contributed by atoms with Crippen molar-refractivity contribution >= 4 is 17.7 Å². The SMILES string of the molecule is Cc1ccc(N2C=[N+](c3ccc(C)cc3C)CC2)c(C)c1. The Balaban J connectivity index is 1.93. The van der Waals surface area contributed by atoms with E-state index in [1.807, 2.05) is 0 Å². The Labute approximate surface area is 127 Å². The van der Waals surface area contributed by atoms with Crippen LogP contribution in [0.15, 0.2) is 36.4 Å². The van der Waals surface area contributed by atoms with Crippen LogP contribution in [-0.4, -0.2) is 24.0 Å². The molecule has 0 saturated carbocycles. The van der Waals surface area contributed by atoms with Gasteiger partial charge in [-0.25, -0.2) is 9.48 Å². The van der Waals surface area contributed by atoms with Crippen molar-refractivity contribution in [1.82, 2.24) is 0 Å². The zero-order valence-corrected chi connectivity index (χ0v) is 13.4. The molecule has 0 amide bonds. The molecule has 2 nitrogen and oxygen atoms in total. The third kappa shape index (κ3) is 2.71. The summed E-state index contributed by atoms with van der Waals surface area (Å²) >= 11 is 0. The highest BCUT2D eigenvalue weighted by Crippen LogP contribution is 2.25. The lowest BCUT2D eigenvalue weighted by Crippen LogP contribution is -2.19. The lowest BCUT2D eigenvalue weighted by molar-refractivity contribution is -0.424. The van der Waals surface area contributed by atoms with Crippen LogP contribution in [0.4, 0.5) is 11.4 Å². The fourth-order valence-corrected chi connectivity index (χ4v) is 3.12. The van der Waals surface area contributed by atoms with Gasteiger partial charge in [0.1, 0.15) is 24.5 Å². The molecule has 2 aromatic rings. The molecular formula is C19H23N2+. The molecule has 0 spiro atoms. The van der Waals surface area contributed by atoms with E-state index in [1.165, 1.54) is 33.6 Å². The summed E-state index contributed by atoms with van der Waals surface area (Å²) in [6.45, 7) is 10.7. The first-order chi connectivity index (χ1) is 10.0. The molecule has 1 aliphatic rings. The van der Waals surface area contributed by atoms with Crippen LogP contribution in [0, 0.1) is 27.7 Å². The Bertz CT molecular complexity index is 714. The average molecular weight is 279 g/mol. The highest BCUT2D eigenvalue weighted by Gasteiger charge is 2.24. The first-order valence-corrected chi connectivity index (χ1v) is 7.57. The molecule has 0 radical (unpaired) electrons. The first kappa shape index (κ1) is 13.9. The summed E-state index contributed by atoms with van der Waals surface area (Å²) in [6.07, 6.45) is 2.25. The van der Waals surface area contributed by atoms with E-state index < -0.39 is 0 Å². The van der Waals surface area contributed by atoms with Crippen LogP contribution in [-0.2, 0) is 0 Å². The molecule has 0 aliphatic carbocycles. The van der Waals surface area contributed by atoms with Crippen LogP contribution in [0.25, 0.3) is 0 Å². The molecule has 0 unspecified atom stereocenters. The van der Waals surface area contributed by atoms with Gasteiger partial charge in [-0.05, 0) is 51.0 Å². The minimum atomic E-state index is 1.04. The van der Waals surface area contributed by atoms with Crippen molar-refractivity contribution in [2.75, 3.05) is 18.0 Å². The number of rotatable bonds is 2. The molecule has 0 aromatic heterocycles. The number of nitrogens with zero attached hydrogens (tertiary/aromatic N) is 2. The molecule has 0 bridgehead atoms. The van der Waals surface area contributed by atoms with Crippen LogP contribution in [0.5, 0.6) is 0 Å². The maximum atomic E-state index is 2.36. The predicted octanol–water partition coefficient (Wildman–Crippen LogP) is 4.11. The lowest BCUT2D eigenvalue weighted by atomic mass is 10.1. The second-order valence-electron chi connectivity index (χ2n) is 6.08. The monoisotopic (exact) mass is 279 g/mol. The van der Waals surface area contributed by atoms with E-state index in [1.54, 1.807) is 0 Å². The third-order valence-electron chi connectivity index (χ3n) is 4.18. The van der Waals surface area contributed by atoms with Crippen LogP contribution in [0.2, 0.25) is 0 Å². The minimum Gasteiger partial charge on any atom is -0.229 e. The quantitative estimate of drug-likeness (QED) is 0.750. The van der Waals surface area contributed by atoms with E-state index in [0.29, 0.717) is 0 Å². The molecule has 1 aliphatic heterocycles. The second-order valence-corrected chi connectivity index (χ2v) is 6.08. The van der Waals surface area contributed by atoms with Crippen LogP contribution in [0.1, 0.15) is 22.3 Å². The summed E-state index contributed by atoms with van der Waals surface area (Å²) in [5.74, 6) is 0. The van der Waals surface area contributed by atoms with Gasteiger partial charge in [-0.3, -0.25) is 0 Å². The first-order valence-electron chi connectivity index (χ1n) is 7.57. The van der Waals surface area contributed by atoms with E-state index in [-0.39, 0.29) is 0 Å². The molecule has 108 valence electrons. The smallest absolute Gasteiger partial charge is 0.229 e. The van der Waals surface area contributed by atoms with Crippen LogP contribution < -0.4 is 4.90 Å². The zero-order chi connectivity index (χ0) is 15.0. The fourth-order valence-electron chi connectivity index (χ4n) is 3.12. The van der Waals surface area contributed by atoms with E-state index in [4.69, 9.17) is 0 Å². The van der Waals surface area contributed by atoms with Crippen molar-refractivity contribution < 1.29 is 4.58 Å². The van der Waals surface area contributed by atoms with Gasteiger partial charge in [0.15, 0.2) is 0 Å². The average Bonchev–Trinajstić information content (AvgIpc) is 2.87. The number of hydrogen-bond acceptors (Lipinski definition) is 1. The summed E-state index contributed by atoms with van der Waals surface area (Å²) in [6, 6.07) is 13.3. The van der Waals surface area contributed by atoms with Gasteiger partial charge in [0, 0.05) is 0 Å². The van der Waals surface area contributed by atoms with E-state index in [9.17, 15) is 0 Å². The van der Waals surface area contributed by atoms with Gasteiger partial charge in [0.2, 0.25) is 6.34 Å². The fraction of sp³-hybridized carbons (Fsp3) is 0.316. The maximum absolute atomic E-state index is 2.36. The highest BCUT2D eigenvalue weighted by molar-refractivity contribution is 5.79. The van der Waals surface area contributed by atoms with Crippen molar-refractivity contribution in [3.8, 4) is 0 Å². The van der Waals surface area contributed by atoms with Gasteiger partial charge in [0.25, 0.3) is 0 Å². The molecule has 0 saturated heterocycles. The molecule has 0 atom stereocenters. The van der Waals surface area contributed by atoms with Gasteiger partial charge in [0.05, 0.1) is 0 Å². The Morgan fingerprint density at radius 2 is 1.52 bits per heavy atom. The van der Waals surface area contributed by atoms with Gasteiger partial charge in [-0.1, -0.05) is 35.4 Å². The summed E-state index contributed by atoms with van der Waals surface area (Å²) in [7, 11) is 0. The second kappa shape index (κ2) is 5.36. The number of aryl methyl sites for hydroxylation is 4. The predicted molar refractivity (Wildman–Crippen MR) is 90.0 cm³/mol. The zero-order valence-electron chi connectivity index (χ0n) is 13.4. The topological polar surface area (TPSA) is 6.25 Å². The molecule has 0 fully saturated rings. The van der Waals surface area contributed by atoms with Crippen LogP contribution >= 0.6 is 0 Å². The molecule has 1 heterocycles. The standard InChI is InChI=1S/C19H23N2/c1-14-5-7-18(16(3)11-14)20-9-10-21(13-20)19-8-6-15(2)12-17(19)4/h5-8,11-13H,9-10H2,1-4H3/q+1.